The zero-order chi connectivity index (χ0) is 16.8. The van der Waals surface area contributed by atoms with Gasteiger partial charge in [0.2, 0.25) is 0 Å². The van der Waals surface area contributed by atoms with Crippen LogP contribution in [0.1, 0.15) is 54.9 Å². The molecule has 2 aromatic carbocycles. The van der Waals surface area contributed by atoms with Crippen molar-refractivity contribution in [2.24, 2.45) is 0 Å². The lowest BCUT2D eigenvalue weighted by molar-refractivity contribution is 0.683. The lowest BCUT2D eigenvalue weighted by atomic mass is 9.84. The first kappa shape index (κ1) is 17.3. The predicted molar refractivity (Wildman–Crippen MR) is 103 cm³/mol. The molecule has 0 aliphatic rings. The molecule has 1 unspecified atom stereocenters. The third-order valence-corrected chi connectivity index (χ3v) is 4.58. The summed E-state index contributed by atoms with van der Waals surface area (Å²) in [4.78, 5) is 0. The van der Waals surface area contributed by atoms with Crippen LogP contribution in [0.25, 0.3) is 5.57 Å². The first-order chi connectivity index (χ1) is 11.0. The highest BCUT2D eigenvalue weighted by atomic mass is 14.2. The fourth-order valence-corrected chi connectivity index (χ4v) is 3.28. The van der Waals surface area contributed by atoms with Crippen LogP contribution in [0.15, 0.2) is 66.8 Å². The number of aryl methyl sites for hydroxylation is 2. The summed E-state index contributed by atoms with van der Waals surface area (Å²) < 4.78 is 0. The standard InChI is InChI=1S/C23H28/c1-6-11-22(23-15-10-8-13-18(23)3)20(5)16-19(4)21-14-9-7-12-17(21)2/h7-10,12-16,22H,4,6,11H2,1-3,5H3/b20-16-. The quantitative estimate of drug-likeness (QED) is 0.512. The van der Waals surface area contributed by atoms with Gasteiger partial charge in [-0.1, -0.05) is 80.1 Å². The summed E-state index contributed by atoms with van der Waals surface area (Å²) in [6.07, 6.45) is 4.63. The molecule has 0 saturated carbocycles. The van der Waals surface area contributed by atoms with Crippen molar-refractivity contribution >= 4 is 5.57 Å². The van der Waals surface area contributed by atoms with Crippen LogP contribution in [0, 0.1) is 13.8 Å². The van der Waals surface area contributed by atoms with Crippen LogP contribution in [0.2, 0.25) is 0 Å². The molecule has 0 bridgehead atoms. The van der Waals surface area contributed by atoms with Crippen molar-refractivity contribution in [2.75, 3.05) is 0 Å². The molecule has 0 aromatic heterocycles. The van der Waals surface area contributed by atoms with Crippen molar-refractivity contribution in [2.45, 2.75) is 46.5 Å². The van der Waals surface area contributed by atoms with Crippen LogP contribution in [-0.4, -0.2) is 0 Å². The first-order valence-corrected chi connectivity index (χ1v) is 8.53. The summed E-state index contributed by atoms with van der Waals surface area (Å²) in [6.45, 7) is 13.2. The Labute approximate surface area is 141 Å². The van der Waals surface area contributed by atoms with E-state index in [-0.39, 0.29) is 0 Å². The van der Waals surface area contributed by atoms with Crippen LogP contribution in [0.4, 0.5) is 0 Å². The number of allylic oxidation sites excluding steroid dienone is 3. The Hall–Kier alpha value is -2.08. The van der Waals surface area contributed by atoms with E-state index >= 15 is 0 Å². The molecule has 0 heterocycles. The van der Waals surface area contributed by atoms with E-state index in [9.17, 15) is 0 Å². The van der Waals surface area contributed by atoms with Crippen molar-refractivity contribution < 1.29 is 0 Å². The Balaban J connectivity index is 2.34. The van der Waals surface area contributed by atoms with Gasteiger partial charge < -0.3 is 0 Å². The topological polar surface area (TPSA) is 0 Å². The monoisotopic (exact) mass is 304 g/mol. The largest absolute Gasteiger partial charge is 0.0912 e. The van der Waals surface area contributed by atoms with Gasteiger partial charge in [-0.2, -0.15) is 0 Å². The van der Waals surface area contributed by atoms with Gasteiger partial charge >= 0.3 is 0 Å². The van der Waals surface area contributed by atoms with Crippen molar-refractivity contribution in [3.63, 3.8) is 0 Å². The van der Waals surface area contributed by atoms with Crippen molar-refractivity contribution in [3.8, 4) is 0 Å². The summed E-state index contributed by atoms with van der Waals surface area (Å²) >= 11 is 0. The summed E-state index contributed by atoms with van der Waals surface area (Å²) in [5, 5.41) is 0. The molecule has 0 amide bonds. The van der Waals surface area contributed by atoms with E-state index in [0.29, 0.717) is 5.92 Å². The maximum atomic E-state index is 4.31. The summed E-state index contributed by atoms with van der Waals surface area (Å²) in [6, 6.07) is 17.2. The molecule has 0 aliphatic heterocycles. The van der Waals surface area contributed by atoms with Crippen LogP contribution in [0.3, 0.4) is 0 Å². The van der Waals surface area contributed by atoms with Gasteiger partial charge in [0.1, 0.15) is 0 Å². The molecule has 2 aromatic rings. The van der Waals surface area contributed by atoms with E-state index in [2.05, 4.69) is 88.9 Å². The Morgan fingerprint density at radius 2 is 1.61 bits per heavy atom. The molecule has 23 heavy (non-hydrogen) atoms. The van der Waals surface area contributed by atoms with Crippen molar-refractivity contribution in [3.05, 3.63) is 89.0 Å². The minimum atomic E-state index is 0.474. The predicted octanol–water partition coefficient (Wildman–Crippen LogP) is 6.85. The zero-order valence-corrected chi connectivity index (χ0v) is 14.9. The second-order valence-electron chi connectivity index (χ2n) is 6.43. The maximum absolute atomic E-state index is 4.31. The van der Waals surface area contributed by atoms with Crippen molar-refractivity contribution in [1.82, 2.24) is 0 Å². The second-order valence-corrected chi connectivity index (χ2v) is 6.43. The number of benzene rings is 2. The third kappa shape index (κ3) is 4.22. The van der Waals surface area contributed by atoms with Gasteiger partial charge in [0.25, 0.3) is 0 Å². The molecule has 1 atom stereocenters. The maximum Gasteiger partial charge on any atom is 0.00512 e. The van der Waals surface area contributed by atoms with E-state index in [1.54, 1.807) is 0 Å². The second kappa shape index (κ2) is 7.97. The van der Waals surface area contributed by atoms with E-state index in [4.69, 9.17) is 0 Å². The molecular formula is C23H28. The van der Waals surface area contributed by atoms with Gasteiger partial charge in [-0.3, -0.25) is 0 Å². The third-order valence-electron chi connectivity index (χ3n) is 4.58. The van der Waals surface area contributed by atoms with Crippen LogP contribution >= 0.6 is 0 Å². The fraction of sp³-hybridized carbons (Fsp3) is 0.304. The minimum Gasteiger partial charge on any atom is -0.0912 e. The highest BCUT2D eigenvalue weighted by Gasteiger charge is 2.15. The average Bonchev–Trinajstić information content (AvgIpc) is 2.53. The van der Waals surface area contributed by atoms with Gasteiger partial charge in [0, 0.05) is 5.92 Å². The number of hydrogen-bond acceptors (Lipinski definition) is 0. The average molecular weight is 304 g/mol. The Bertz CT molecular complexity index is 703. The van der Waals surface area contributed by atoms with Gasteiger partial charge in [-0.15, -0.1) is 0 Å². The normalized spacial score (nSPS) is 13.0. The smallest absolute Gasteiger partial charge is 0.00512 e. The number of rotatable bonds is 6. The van der Waals surface area contributed by atoms with Gasteiger partial charge in [0.15, 0.2) is 0 Å². The van der Waals surface area contributed by atoms with Crippen LogP contribution < -0.4 is 0 Å². The summed E-state index contributed by atoms with van der Waals surface area (Å²) in [5.74, 6) is 0.474. The lowest BCUT2D eigenvalue weighted by Gasteiger charge is -2.20. The highest BCUT2D eigenvalue weighted by Crippen LogP contribution is 2.33. The SMILES string of the molecule is C=C(/C=C(/C)C(CCC)c1ccccc1C)c1ccccc1C. The highest BCUT2D eigenvalue weighted by molar-refractivity contribution is 5.75. The molecule has 0 heteroatoms. The molecule has 2 rings (SSSR count). The van der Waals surface area contributed by atoms with Gasteiger partial charge in [-0.25, -0.2) is 0 Å². The first-order valence-electron chi connectivity index (χ1n) is 8.53. The molecule has 0 aliphatic carbocycles. The number of hydrogen-bond donors (Lipinski definition) is 0. The van der Waals surface area contributed by atoms with Gasteiger partial charge in [-0.05, 0) is 55.0 Å². The van der Waals surface area contributed by atoms with Crippen LogP contribution in [-0.2, 0) is 0 Å². The molecular weight excluding hydrogens is 276 g/mol. The Kier molecular flexibility index (Phi) is 5.98. The summed E-state index contributed by atoms with van der Waals surface area (Å²) in [7, 11) is 0. The Morgan fingerprint density at radius 3 is 2.22 bits per heavy atom. The van der Waals surface area contributed by atoms with Crippen molar-refractivity contribution in [1.29, 1.82) is 0 Å². The molecule has 120 valence electrons. The molecule has 0 spiro atoms. The summed E-state index contributed by atoms with van der Waals surface area (Å²) in [5.41, 5.74) is 7.85. The lowest BCUT2D eigenvalue weighted by Crippen LogP contribution is -2.03. The van der Waals surface area contributed by atoms with E-state index < -0.39 is 0 Å². The zero-order valence-electron chi connectivity index (χ0n) is 14.9. The molecule has 0 fully saturated rings. The van der Waals surface area contributed by atoms with E-state index in [1.807, 2.05) is 0 Å². The van der Waals surface area contributed by atoms with Crippen LogP contribution in [0.5, 0.6) is 0 Å². The molecule has 0 saturated heterocycles. The minimum absolute atomic E-state index is 0.474. The molecule has 0 radical (unpaired) electrons. The van der Waals surface area contributed by atoms with E-state index in [0.717, 1.165) is 5.57 Å². The Morgan fingerprint density at radius 1 is 1.00 bits per heavy atom. The fourth-order valence-electron chi connectivity index (χ4n) is 3.28. The molecule has 0 nitrogen and oxygen atoms in total. The molecule has 0 N–H and O–H groups in total. The van der Waals surface area contributed by atoms with Gasteiger partial charge in [0.05, 0.1) is 0 Å². The van der Waals surface area contributed by atoms with E-state index in [1.165, 1.54) is 40.7 Å².